The molecule has 0 saturated carbocycles. The van der Waals surface area contributed by atoms with Gasteiger partial charge >= 0.3 is 83.7 Å². The number of hydrogen-bond donors (Lipinski definition) is 0. The Morgan fingerprint density at radius 1 is 1.38 bits per heavy atom. The molecule has 2 heterocycles. The quantitative estimate of drug-likeness (QED) is 0.461. The molecule has 1 aromatic rings. The molecule has 0 radical (unpaired) electrons. The van der Waals surface area contributed by atoms with E-state index in [0.29, 0.717) is 4.61 Å². The Bertz CT molecular complexity index is 297. The number of ether oxygens (including phenoxy) is 1. The Kier molecular flexibility index (Phi) is 2.70. The Hall–Kier alpha value is -0.340. The van der Waals surface area contributed by atoms with E-state index in [1.807, 2.05) is 0 Å². The van der Waals surface area contributed by atoms with Crippen molar-refractivity contribution in [1.82, 2.24) is 4.98 Å². The number of pyridine rings is 1. The first kappa shape index (κ1) is 9.22. The molecule has 72 valence electrons. The summed E-state index contributed by atoms with van der Waals surface area (Å²) >= 11 is -0.525. The maximum atomic E-state index is 13.1. The summed E-state index contributed by atoms with van der Waals surface area (Å²) in [5, 5.41) is 0. The zero-order valence-corrected chi connectivity index (χ0v) is 8.49. The summed E-state index contributed by atoms with van der Waals surface area (Å²) in [6.45, 7) is 0. The third kappa shape index (κ3) is 1.79. The number of alkyl halides is 1. The summed E-state index contributed by atoms with van der Waals surface area (Å²) in [6.07, 6.45) is 1.01. The number of nitrogens with zero attached hydrogens (tertiary/aromatic N) is 1. The normalized spacial score (nSPS) is 22.8. The molecule has 6 heteroatoms. The number of halogens is 3. The average Bonchev–Trinajstić information content (AvgIpc) is 2.57. The monoisotopic (exact) mass is 300 g/mol. The summed E-state index contributed by atoms with van der Waals surface area (Å²) in [6, 6.07) is 0. The van der Waals surface area contributed by atoms with E-state index in [2.05, 4.69) is 4.98 Å². The van der Waals surface area contributed by atoms with Gasteiger partial charge in [-0.2, -0.15) is 0 Å². The van der Waals surface area contributed by atoms with Crippen molar-refractivity contribution in [2.24, 2.45) is 0 Å². The summed E-state index contributed by atoms with van der Waals surface area (Å²) in [7, 11) is 0. The maximum absolute atomic E-state index is 13.1. The van der Waals surface area contributed by atoms with Crippen molar-refractivity contribution in [2.45, 2.75) is 6.29 Å². The van der Waals surface area contributed by atoms with Crippen LogP contribution in [0.3, 0.4) is 0 Å². The number of aromatic nitrogens is 1. The van der Waals surface area contributed by atoms with E-state index in [1.165, 1.54) is 0 Å². The molecule has 1 atom stereocenters. The van der Waals surface area contributed by atoms with E-state index in [1.54, 1.807) is 0 Å². The summed E-state index contributed by atoms with van der Waals surface area (Å²) in [5.74, 6) is -1.45. The van der Waals surface area contributed by atoms with Crippen LogP contribution in [0.4, 0.5) is 8.78 Å². The molecule has 0 N–H and O–H groups in total. The minimum atomic E-state index is -0.879. The molecule has 1 saturated heterocycles. The SMILES string of the molecule is Fc1cncc(F)c1C1OC[I-]O1. The summed E-state index contributed by atoms with van der Waals surface area (Å²) in [5.41, 5.74) is -0.174. The van der Waals surface area contributed by atoms with Gasteiger partial charge in [-0.15, -0.1) is 0 Å². The van der Waals surface area contributed by atoms with E-state index in [0.717, 1.165) is 12.4 Å². The zero-order valence-electron chi connectivity index (χ0n) is 6.34. The molecule has 2 rings (SSSR count). The number of hydrogen-bond acceptors (Lipinski definition) is 3. The van der Waals surface area contributed by atoms with Gasteiger partial charge < -0.3 is 0 Å². The van der Waals surface area contributed by atoms with Crippen molar-refractivity contribution in [3.05, 3.63) is 29.6 Å². The molecule has 1 fully saturated rings. The van der Waals surface area contributed by atoms with Crippen LogP contribution in [0.1, 0.15) is 11.9 Å². The average molecular weight is 300 g/mol. The fourth-order valence-corrected chi connectivity index (χ4v) is 2.31. The Morgan fingerprint density at radius 2 is 2.08 bits per heavy atom. The van der Waals surface area contributed by atoms with Crippen molar-refractivity contribution in [3.8, 4) is 0 Å². The molecule has 1 aliphatic rings. The minimum absolute atomic E-state index is 0.174. The second kappa shape index (κ2) is 3.81. The molecule has 1 aliphatic heterocycles. The van der Waals surface area contributed by atoms with Gasteiger partial charge in [-0.25, -0.2) is 0 Å². The van der Waals surface area contributed by atoms with Gasteiger partial charge in [0, 0.05) is 0 Å². The molecule has 13 heavy (non-hydrogen) atoms. The van der Waals surface area contributed by atoms with E-state index < -0.39 is 39.5 Å². The molecule has 0 bridgehead atoms. The van der Waals surface area contributed by atoms with Gasteiger partial charge in [-0.1, -0.05) is 0 Å². The van der Waals surface area contributed by atoms with E-state index in [-0.39, 0.29) is 5.56 Å². The van der Waals surface area contributed by atoms with Gasteiger partial charge in [-0.3, -0.25) is 0 Å². The number of rotatable bonds is 1. The van der Waals surface area contributed by atoms with Crippen molar-refractivity contribution in [2.75, 3.05) is 4.61 Å². The predicted octanol–water partition coefficient (Wildman–Crippen LogP) is -1.63. The molecule has 0 amide bonds. The standard InChI is InChI=1S/C7H5F2INO2/c8-4-1-11-2-5(9)6(4)7-12-3-10-13-7/h1-2,7H,3H2/q-1. The van der Waals surface area contributed by atoms with Crippen LogP contribution >= 0.6 is 0 Å². The van der Waals surface area contributed by atoms with Gasteiger partial charge in [0.15, 0.2) is 0 Å². The molecule has 0 aromatic carbocycles. The molecule has 1 unspecified atom stereocenters. The fraction of sp³-hybridized carbons (Fsp3) is 0.286. The first-order valence-corrected chi connectivity index (χ1v) is 5.85. The third-order valence-corrected chi connectivity index (χ3v) is 2.96. The first-order chi connectivity index (χ1) is 6.29. The van der Waals surface area contributed by atoms with Gasteiger partial charge in [0.25, 0.3) is 0 Å². The predicted molar refractivity (Wildman–Crippen MR) is 33.9 cm³/mol. The fourth-order valence-electron chi connectivity index (χ4n) is 0.966. The Labute approximate surface area is 83.9 Å². The molecule has 1 aromatic heterocycles. The molecule has 3 nitrogen and oxygen atoms in total. The second-order valence-corrected chi connectivity index (χ2v) is 4.08. The summed E-state index contributed by atoms with van der Waals surface area (Å²) in [4.78, 5) is 3.36. The Morgan fingerprint density at radius 3 is 2.62 bits per heavy atom. The van der Waals surface area contributed by atoms with Crippen LogP contribution in [-0.4, -0.2) is 9.60 Å². The van der Waals surface area contributed by atoms with Crippen LogP contribution in [0.15, 0.2) is 12.4 Å². The van der Waals surface area contributed by atoms with Crippen LogP contribution < -0.4 is 21.6 Å². The van der Waals surface area contributed by atoms with E-state index >= 15 is 0 Å². The van der Waals surface area contributed by atoms with E-state index in [9.17, 15) is 8.78 Å². The van der Waals surface area contributed by atoms with Crippen LogP contribution in [-0.2, 0) is 7.80 Å². The van der Waals surface area contributed by atoms with Crippen molar-refractivity contribution in [3.63, 3.8) is 0 Å². The van der Waals surface area contributed by atoms with Gasteiger partial charge in [0.1, 0.15) is 0 Å². The van der Waals surface area contributed by atoms with Gasteiger partial charge in [0.2, 0.25) is 0 Å². The zero-order chi connectivity index (χ0) is 9.26. The molecular weight excluding hydrogens is 295 g/mol. The first-order valence-electron chi connectivity index (χ1n) is 3.44. The van der Waals surface area contributed by atoms with Crippen molar-refractivity contribution in [1.29, 1.82) is 0 Å². The molecule has 0 spiro atoms. The van der Waals surface area contributed by atoms with Crippen LogP contribution in [0.25, 0.3) is 0 Å². The van der Waals surface area contributed by atoms with Gasteiger partial charge in [0.05, 0.1) is 0 Å². The van der Waals surface area contributed by atoms with Crippen LogP contribution in [0.5, 0.6) is 0 Å². The van der Waals surface area contributed by atoms with Gasteiger partial charge in [-0.05, 0) is 0 Å². The second-order valence-electron chi connectivity index (χ2n) is 2.32. The summed E-state index contributed by atoms with van der Waals surface area (Å²) < 4.78 is 36.7. The van der Waals surface area contributed by atoms with Crippen molar-refractivity contribution < 1.29 is 38.2 Å². The Balaban J connectivity index is 2.37. The topological polar surface area (TPSA) is 31.4 Å². The van der Waals surface area contributed by atoms with Crippen molar-refractivity contribution >= 4 is 0 Å². The third-order valence-electron chi connectivity index (χ3n) is 1.53. The molecular formula is C7H5F2INO2-. The van der Waals surface area contributed by atoms with Crippen LogP contribution in [0.2, 0.25) is 0 Å². The van der Waals surface area contributed by atoms with E-state index in [4.69, 9.17) is 7.80 Å². The molecule has 0 aliphatic carbocycles. The van der Waals surface area contributed by atoms with Crippen LogP contribution in [0, 0.1) is 11.6 Å².